The van der Waals surface area contributed by atoms with E-state index in [0.29, 0.717) is 19.8 Å². The Hall–Kier alpha value is -1.65. The maximum absolute atomic E-state index is 12.1. The molecule has 0 aliphatic carbocycles. The van der Waals surface area contributed by atoms with E-state index in [-0.39, 0.29) is 11.9 Å². The quantitative estimate of drug-likeness (QED) is 0.770. The SMILES string of the molecule is C=CC(=O)N1C(Cc2ccccc2)COC12COC2. The van der Waals surface area contributed by atoms with Crippen LogP contribution in [0.15, 0.2) is 43.0 Å². The van der Waals surface area contributed by atoms with Crippen molar-refractivity contribution in [3.63, 3.8) is 0 Å². The van der Waals surface area contributed by atoms with Crippen molar-refractivity contribution < 1.29 is 14.3 Å². The number of carbonyl (C=O) groups excluding carboxylic acids is 1. The molecule has 4 nitrogen and oxygen atoms in total. The highest BCUT2D eigenvalue weighted by atomic mass is 16.6. The molecule has 1 amide bonds. The summed E-state index contributed by atoms with van der Waals surface area (Å²) >= 11 is 0. The number of amides is 1. The molecule has 0 bridgehead atoms. The van der Waals surface area contributed by atoms with Crippen LogP contribution in [0.2, 0.25) is 0 Å². The zero-order chi connectivity index (χ0) is 13.3. The number of nitrogens with zero attached hydrogens (tertiary/aromatic N) is 1. The highest BCUT2D eigenvalue weighted by molar-refractivity contribution is 5.88. The third-order valence-electron chi connectivity index (χ3n) is 3.73. The molecule has 2 heterocycles. The smallest absolute Gasteiger partial charge is 0.248 e. The maximum Gasteiger partial charge on any atom is 0.248 e. The van der Waals surface area contributed by atoms with Gasteiger partial charge in [-0.1, -0.05) is 36.9 Å². The van der Waals surface area contributed by atoms with Crippen LogP contribution in [-0.2, 0) is 20.7 Å². The van der Waals surface area contributed by atoms with Gasteiger partial charge in [0.25, 0.3) is 0 Å². The van der Waals surface area contributed by atoms with Gasteiger partial charge in [-0.05, 0) is 18.1 Å². The van der Waals surface area contributed by atoms with E-state index >= 15 is 0 Å². The molecule has 1 unspecified atom stereocenters. The second kappa shape index (κ2) is 4.79. The molecule has 0 saturated carbocycles. The summed E-state index contributed by atoms with van der Waals surface area (Å²) in [6, 6.07) is 10.2. The molecule has 0 aromatic heterocycles. The monoisotopic (exact) mass is 259 g/mol. The summed E-state index contributed by atoms with van der Waals surface area (Å²) in [5.74, 6) is -0.0817. The summed E-state index contributed by atoms with van der Waals surface area (Å²) in [7, 11) is 0. The molecule has 1 aromatic carbocycles. The van der Waals surface area contributed by atoms with Crippen molar-refractivity contribution in [1.29, 1.82) is 0 Å². The summed E-state index contributed by atoms with van der Waals surface area (Å²) in [5.41, 5.74) is 0.653. The topological polar surface area (TPSA) is 38.8 Å². The number of hydrogen-bond donors (Lipinski definition) is 0. The van der Waals surface area contributed by atoms with Gasteiger partial charge in [0.1, 0.15) is 0 Å². The first-order valence-corrected chi connectivity index (χ1v) is 6.46. The van der Waals surface area contributed by atoms with Crippen molar-refractivity contribution in [2.75, 3.05) is 19.8 Å². The van der Waals surface area contributed by atoms with Crippen molar-refractivity contribution in [2.45, 2.75) is 18.2 Å². The molecule has 100 valence electrons. The average molecular weight is 259 g/mol. The largest absolute Gasteiger partial charge is 0.371 e. The summed E-state index contributed by atoms with van der Waals surface area (Å²) in [5, 5.41) is 0. The Labute approximate surface area is 112 Å². The fourth-order valence-electron chi connectivity index (χ4n) is 2.74. The van der Waals surface area contributed by atoms with Crippen LogP contribution in [0.3, 0.4) is 0 Å². The molecule has 2 aliphatic rings. The first kappa shape index (κ1) is 12.4. The van der Waals surface area contributed by atoms with Crippen LogP contribution in [0.5, 0.6) is 0 Å². The lowest BCUT2D eigenvalue weighted by Gasteiger charge is -2.44. The third kappa shape index (κ3) is 2.07. The van der Waals surface area contributed by atoms with Gasteiger partial charge in [-0.25, -0.2) is 0 Å². The predicted octanol–water partition coefficient (Wildman–Crippen LogP) is 1.37. The summed E-state index contributed by atoms with van der Waals surface area (Å²) < 4.78 is 11.1. The minimum Gasteiger partial charge on any atom is -0.371 e. The Morgan fingerprint density at radius 2 is 2.16 bits per heavy atom. The van der Waals surface area contributed by atoms with Crippen LogP contribution in [-0.4, -0.2) is 42.4 Å². The standard InChI is InChI=1S/C15H17NO3/c1-2-14(17)16-13(8-12-6-4-3-5-7-12)9-19-15(16)10-18-11-15/h2-7,13H,1,8-11H2. The van der Waals surface area contributed by atoms with Crippen LogP contribution in [0, 0.1) is 0 Å². The van der Waals surface area contributed by atoms with Crippen molar-refractivity contribution in [3.05, 3.63) is 48.6 Å². The summed E-state index contributed by atoms with van der Waals surface area (Å²) in [6.07, 6.45) is 2.15. The van der Waals surface area contributed by atoms with Crippen molar-refractivity contribution in [2.24, 2.45) is 0 Å². The predicted molar refractivity (Wildman–Crippen MR) is 70.5 cm³/mol. The highest BCUT2D eigenvalue weighted by Gasteiger charge is 2.54. The number of ether oxygens (including phenoxy) is 2. The minimum atomic E-state index is -0.551. The lowest BCUT2D eigenvalue weighted by atomic mass is 10.0. The van der Waals surface area contributed by atoms with Gasteiger partial charge in [0.15, 0.2) is 5.72 Å². The highest BCUT2D eigenvalue weighted by Crippen LogP contribution is 2.35. The minimum absolute atomic E-state index is 0.0526. The lowest BCUT2D eigenvalue weighted by molar-refractivity contribution is -0.239. The van der Waals surface area contributed by atoms with Crippen LogP contribution >= 0.6 is 0 Å². The van der Waals surface area contributed by atoms with E-state index in [1.165, 1.54) is 11.6 Å². The average Bonchev–Trinajstić information content (AvgIpc) is 2.78. The molecule has 4 heteroatoms. The van der Waals surface area contributed by atoms with Crippen molar-refractivity contribution >= 4 is 5.91 Å². The van der Waals surface area contributed by atoms with Crippen LogP contribution in [0.25, 0.3) is 0 Å². The molecule has 2 fully saturated rings. The van der Waals surface area contributed by atoms with E-state index in [2.05, 4.69) is 18.7 Å². The molecule has 2 saturated heterocycles. The van der Waals surface area contributed by atoms with Gasteiger partial charge in [-0.3, -0.25) is 4.79 Å². The second-order valence-corrected chi connectivity index (χ2v) is 5.01. The molecule has 3 rings (SSSR count). The number of benzene rings is 1. The Kier molecular flexibility index (Phi) is 3.12. The summed E-state index contributed by atoms with van der Waals surface area (Å²) in [4.78, 5) is 13.9. The van der Waals surface area contributed by atoms with E-state index in [1.54, 1.807) is 4.90 Å². The fraction of sp³-hybridized carbons (Fsp3) is 0.400. The molecule has 1 atom stereocenters. The summed E-state index contributed by atoms with van der Waals surface area (Å²) in [6.45, 7) is 5.05. The van der Waals surface area contributed by atoms with Gasteiger partial charge < -0.3 is 14.4 Å². The molecule has 0 radical (unpaired) electrons. The number of carbonyl (C=O) groups is 1. The third-order valence-corrected chi connectivity index (χ3v) is 3.73. The van der Waals surface area contributed by atoms with Gasteiger partial charge in [-0.2, -0.15) is 0 Å². The van der Waals surface area contributed by atoms with E-state index in [0.717, 1.165) is 6.42 Å². The van der Waals surface area contributed by atoms with Gasteiger partial charge >= 0.3 is 0 Å². The van der Waals surface area contributed by atoms with Gasteiger partial charge in [-0.15, -0.1) is 0 Å². The Balaban J connectivity index is 1.81. The fourth-order valence-corrected chi connectivity index (χ4v) is 2.74. The normalized spacial score (nSPS) is 24.2. The molecule has 2 aliphatic heterocycles. The Morgan fingerprint density at radius 1 is 1.42 bits per heavy atom. The first-order valence-electron chi connectivity index (χ1n) is 6.46. The van der Waals surface area contributed by atoms with Gasteiger partial charge in [0.2, 0.25) is 5.91 Å². The van der Waals surface area contributed by atoms with Crippen molar-refractivity contribution in [3.8, 4) is 0 Å². The molecule has 19 heavy (non-hydrogen) atoms. The molecule has 1 aromatic rings. The number of rotatable bonds is 3. The van der Waals surface area contributed by atoms with E-state index in [9.17, 15) is 4.79 Å². The lowest BCUT2D eigenvalue weighted by Crippen LogP contribution is -2.63. The maximum atomic E-state index is 12.1. The van der Waals surface area contributed by atoms with Crippen molar-refractivity contribution in [1.82, 2.24) is 4.90 Å². The van der Waals surface area contributed by atoms with Crippen LogP contribution < -0.4 is 0 Å². The number of hydrogen-bond acceptors (Lipinski definition) is 3. The molecular weight excluding hydrogens is 242 g/mol. The molecule has 0 N–H and O–H groups in total. The zero-order valence-corrected chi connectivity index (χ0v) is 10.7. The molecule has 1 spiro atoms. The van der Waals surface area contributed by atoms with Crippen LogP contribution in [0.1, 0.15) is 5.56 Å². The van der Waals surface area contributed by atoms with E-state index < -0.39 is 5.72 Å². The van der Waals surface area contributed by atoms with Crippen LogP contribution in [0.4, 0.5) is 0 Å². The second-order valence-electron chi connectivity index (χ2n) is 5.01. The Bertz CT molecular complexity index is 481. The van der Waals surface area contributed by atoms with E-state index in [4.69, 9.17) is 9.47 Å². The van der Waals surface area contributed by atoms with Gasteiger partial charge in [0.05, 0.1) is 25.9 Å². The zero-order valence-electron chi connectivity index (χ0n) is 10.7. The molecular formula is C15H17NO3. The first-order chi connectivity index (χ1) is 9.25. The van der Waals surface area contributed by atoms with Gasteiger partial charge in [0, 0.05) is 0 Å². The Morgan fingerprint density at radius 3 is 2.74 bits per heavy atom. The van der Waals surface area contributed by atoms with E-state index in [1.807, 2.05) is 18.2 Å².